The molecular formula is C14H13NO4S. The summed E-state index contributed by atoms with van der Waals surface area (Å²) < 4.78 is 16.4. The first-order chi connectivity index (χ1) is 9.78. The molecule has 0 amide bonds. The van der Waals surface area contributed by atoms with Crippen LogP contribution in [0.15, 0.2) is 29.6 Å². The SMILES string of the molecule is CCOC(=O)c1csc([C@@H]2COc3ccccc3O2)n1. The molecule has 6 heteroatoms. The molecular weight excluding hydrogens is 278 g/mol. The lowest BCUT2D eigenvalue weighted by molar-refractivity contribution is 0.0518. The molecule has 1 atom stereocenters. The van der Waals surface area contributed by atoms with Gasteiger partial charge >= 0.3 is 5.97 Å². The number of fused-ring (bicyclic) bond motifs is 1. The van der Waals surface area contributed by atoms with Gasteiger partial charge in [0.2, 0.25) is 0 Å². The molecule has 2 aromatic rings. The summed E-state index contributed by atoms with van der Waals surface area (Å²) in [5.41, 5.74) is 0.314. The highest BCUT2D eigenvalue weighted by molar-refractivity contribution is 7.09. The summed E-state index contributed by atoms with van der Waals surface area (Å²) in [4.78, 5) is 15.9. The average molecular weight is 291 g/mol. The number of hydrogen-bond donors (Lipinski definition) is 0. The molecule has 0 radical (unpaired) electrons. The number of benzene rings is 1. The van der Waals surface area contributed by atoms with Crippen molar-refractivity contribution in [3.63, 3.8) is 0 Å². The zero-order valence-corrected chi connectivity index (χ0v) is 11.7. The molecule has 1 aromatic carbocycles. The zero-order valence-electron chi connectivity index (χ0n) is 10.9. The number of carbonyl (C=O) groups excluding carboxylic acids is 1. The van der Waals surface area contributed by atoms with Gasteiger partial charge in [-0.15, -0.1) is 11.3 Å². The second-order valence-electron chi connectivity index (χ2n) is 4.16. The predicted molar refractivity (Wildman–Crippen MR) is 73.4 cm³/mol. The fourth-order valence-corrected chi connectivity index (χ4v) is 2.68. The molecule has 20 heavy (non-hydrogen) atoms. The topological polar surface area (TPSA) is 57.7 Å². The summed E-state index contributed by atoms with van der Waals surface area (Å²) in [5, 5.41) is 2.39. The fraction of sp³-hybridized carbons (Fsp3) is 0.286. The maximum absolute atomic E-state index is 11.6. The van der Waals surface area contributed by atoms with Crippen molar-refractivity contribution in [2.75, 3.05) is 13.2 Å². The van der Waals surface area contributed by atoms with E-state index in [4.69, 9.17) is 14.2 Å². The molecule has 0 N–H and O–H groups in total. The van der Waals surface area contributed by atoms with E-state index in [9.17, 15) is 4.79 Å². The lowest BCUT2D eigenvalue weighted by atomic mass is 10.2. The number of hydrogen-bond acceptors (Lipinski definition) is 6. The highest BCUT2D eigenvalue weighted by Gasteiger charge is 2.26. The Morgan fingerprint density at radius 3 is 3.05 bits per heavy atom. The second-order valence-corrected chi connectivity index (χ2v) is 5.05. The third-order valence-corrected chi connectivity index (χ3v) is 3.73. The van der Waals surface area contributed by atoms with Crippen LogP contribution in [0.5, 0.6) is 11.5 Å². The normalized spacial score (nSPS) is 16.8. The summed E-state index contributed by atoms with van der Waals surface area (Å²) in [6.07, 6.45) is -0.293. The van der Waals surface area contributed by atoms with E-state index in [1.54, 1.807) is 12.3 Å². The average Bonchev–Trinajstić information content (AvgIpc) is 2.97. The molecule has 0 aliphatic carbocycles. The van der Waals surface area contributed by atoms with Gasteiger partial charge in [-0.25, -0.2) is 9.78 Å². The van der Waals surface area contributed by atoms with Crippen LogP contribution in [-0.4, -0.2) is 24.2 Å². The third kappa shape index (κ3) is 2.46. The Morgan fingerprint density at radius 2 is 2.25 bits per heavy atom. The highest BCUT2D eigenvalue weighted by Crippen LogP contribution is 2.36. The van der Waals surface area contributed by atoms with Crippen LogP contribution in [0.1, 0.15) is 28.5 Å². The van der Waals surface area contributed by atoms with E-state index in [-0.39, 0.29) is 6.10 Å². The van der Waals surface area contributed by atoms with Gasteiger partial charge in [-0.05, 0) is 19.1 Å². The lowest BCUT2D eigenvalue weighted by Crippen LogP contribution is -2.21. The summed E-state index contributed by atoms with van der Waals surface area (Å²) in [6, 6.07) is 7.49. The number of thiazole rings is 1. The number of aromatic nitrogens is 1. The van der Waals surface area contributed by atoms with Crippen molar-refractivity contribution in [1.29, 1.82) is 0 Å². The van der Waals surface area contributed by atoms with Gasteiger partial charge in [-0.1, -0.05) is 12.1 Å². The Morgan fingerprint density at radius 1 is 1.45 bits per heavy atom. The molecule has 0 bridgehead atoms. The van der Waals surface area contributed by atoms with Crippen molar-refractivity contribution in [2.45, 2.75) is 13.0 Å². The molecule has 0 saturated carbocycles. The molecule has 1 aromatic heterocycles. The minimum absolute atomic E-state index is 0.293. The standard InChI is InChI=1S/C14H13NO4S/c1-2-17-14(16)9-8-20-13(15-9)12-7-18-10-5-3-4-6-11(10)19-12/h3-6,8,12H,2,7H2,1H3/t12-/m0/s1. The maximum atomic E-state index is 11.6. The zero-order chi connectivity index (χ0) is 13.9. The first-order valence-electron chi connectivity index (χ1n) is 6.29. The Bertz CT molecular complexity index is 625. The molecule has 2 heterocycles. The van der Waals surface area contributed by atoms with E-state index in [1.807, 2.05) is 24.3 Å². The van der Waals surface area contributed by atoms with Crippen molar-refractivity contribution in [3.8, 4) is 11.5 Å². The molecule has 0 saturated heterocycles. The largest absolute Gasteiger partial charge is 0.485 e. The molecule has 0 spiro atoms. The van der Waals surface area contributed by atoms with Crippen LogP contribution in [0.25, 0.3) is 0 Å². The van der Waals surface area contributed by atoms with Gasteiger partial charge in [0.1, 0.15) is 11.6 Å². The first kappa shape index (κ1) is 12.9. The van der Waals surface area contributed by atoms with Crippen LogP contribution in [0.2, 0.25) is 0 Å². The molecule has 0 fully saturated rings. The Balaban J connectivity index is 1.77. The summed E-state index contributed by atoms with van der Waals surface area (Å²) in [5.74, 6) is 1.01. The van der Waals surface area contributed by atoms with Crippen LogP contribution < -0.4 is 9.47 Å². The van der Waals surface area contributed by atoms with Gasteiger partial charge in [0.15, 0.2) is 23.3 Å². The minimum atomic E-state index is -0.410. The van der Waals surface area contributed by atoms with Crippen LogP contribution in [0, 0.1) is 0 Å². The summed E-state index contributed by atoms with van der Waals surface area (Å²) in [6.45, 7) is 2.48. The second kappa shape index (κ2) is 5.50. The number of ether oxygens (including phenoxy) is 3. The van der Waals surface area contributed by atoms with Gasteiger partial charge < -0.3 is 14.2 Å². The van der Waals surface area contributed by atoms with Crippen molar-refractivity contribution in [1.82, 2.24) is 4.98 Å². The summed E-state index contributed by atoms with van der Waals surface area (Å²) in [7, 11) is 0. The van der Waals surface area contributed by atoms with Gasteiger partial charge in [-0.3, -0.25) is 0 Å². The molecule has 3 rings (SSSR count). The number of rotatable bonds is 3. The van der Waals surface area contributed by atoms with E-state index >= 15 is 0 Å². The van der Waals surface area contributed by atoms with Gasteiger partial charge in [0.05, 0.1) is 6.61 Å². The number of para-hydroxylation sites is 2. The van der Waals surface area contributed by atoms with E-state index in [1.165, 1.54) is 11.3 Å². The highest BCUT2D eigenvalue weighted by atomic mass is 32.1. The monoisotopic (exact) mass is 291 g/mol. The Labute approximate surface area is 120 Å². The van der Waals surface area contributed by atoms with Crippen molar-refractivity contribution < 1.29 is 19.0 Å². The molecule has 0 unspecified atom stereocenters. The maximum Gasteiger partial charge on any atom is 0.357 e. The Kier molecular flexibility index (Phi) is 3.56. The van der Waals surface area contributed by atoms with E-state index in [2.05, 4.69) is 4.98 Å². The third-order valence-electron chi connectivity index (χ3n) is 2.79. The predicted octanol–water partition coefficient (Wildman–Crippen LogP) is 2.83. The van der Waals surface area contributed by atoms with Crippen molar-refractivity contribution in [3.05, 3.63) is 40.3 Å². The van der Waals surface area contributed by atoms with E-state index in [0.29, 0.717) is 29.7 Å². The summed E-state index contributed by atoms with van der Waals surface area (Å²) >= 11 is 1.37. The van der Waals surface area contributed by atoms with Gasteiger partial charge in [0, 0.05) is 5.38 Å². The smallest absolute Gasteiger partial charge is 0.357 e. The van der Waals surface area contributed by atoms with Crippen LogP contribution >= 0.6 is 11.3 Å². The number of nitrogens with zero attached hydrogens (tertiary/aromatic N) is 1. The molecule has 104 valence electrons. The quantitative estimate of drug-likeness (QED) is 0.814. The fourth-order valence-electron chi connectivity index (χ4n) is 1.88. The van der Waals surface area contributed by atoms with Gasteiger partial charge in [-0.2, -0.15) is 0 Å². The number of carbonyl (C=O) groups is 1. The van der Waals surface area contributed by atoms with Crippen LogP contribution in [0.3, 0.4) is 0 Å². The van der Waals surface area contributed by atoms with Crippen molar-refractivity contribution >= 4 is 17.3 Å². The Hall–Kier alpha value is -2.08. The van der Waals surface area contributed by atoms with Crippen LogP contribution in [0.4, 0.5) is 0 Å². The molecule has 1 aliphatic rings. The van der Waals surface area contributed by atoms with Crippen molar-refractivity contribution in [2.24, 2.45) is 0 Å². The van der Waals surface area contributed by atoms with E-state index in [0.717, 1.165) is 5.75 Å². The molecule has 5 nitrogen and oxygen atoms in total. The minimum Gasteiger partial charge on any atom is -0.485 e. The van der Waals surface area contributed by atoms with E-state index < -0.39 is 5.97 Å². The molecule has 1 aliphatic heterocycles. The first-order valence-corrected chi connectivity index (χ1v) is 7.17. The van der Waals surface area contributed by atoms with Gasteiger partial charge in [0.25, 0.3) is 0 Å². The van der Waals surface area contributed by atoms with Crippen LogP contribution in [-0.2, 0) is 4.74 Å². The number of esters is 1. The lowest BCUT2D eigenvalue weighted by Gasteiger charge is -2.24.